The van der Waals surface area contributed by atoms with Gasteiger partial charge in [-0.3, -0.25) is 4.79 Å². The van der Waals surface area contributed by atoms with Crippen LogP contribution in [-0.4, -0.2) is 28.7 Å². The Balaban J connectivity index is 1.77. The van der Waals surface area contributed by atoms with Crippen LogP contribution in [0.1, 0.15) is 60.9 Å². The minimum atomic E-state index is -1.81. The van der Waals surface area contributed by atoms with E-state index in [2.05, 4.69) is 51.7 Å². The summed E-state index contributed by atoms with van der Waals surface area (Å²) in [4.78, 5) is 31.1. The first-order valence-corrected chi connectivity index (χ1v) is 16.3. The van der Waals surface area contributed by atoms with Crippen LogP contribution in [0, 0.1) is 0 Å². The van der Waals surface area contributed by atoms with E-state index in [9.17, 15) is 14.7 Å². The van der Waals surface area contributed by atoms with E-state index in [1.165, 1.54) is 16.5 Å². The van der Waals surface area contributed by atoms with Crippen LogP contribution in [0.2, 0.25) is 25.7 Å². The van der Waals surface area contributed by atoms with Crippen molar-refractivity contribution in [1.82, 2.24) is 9.55 Å². The number of hydrogen-bond donors (Lipinski definition) is 1. The smallest absolute Gasteiger partial charge is 0.343 e. The first-order valence-electron chi connectivity index (χ1n) is 12.6. The standard InChI is InChI=1S/C28H34N2O4Si/c1-7-28(33)22-13-24-25-20(14-30(24)26(31)21(22)15-34-27(28)32)18(10-11-35(4,5)6)19-12-17(16(2)3)8-9-23(19)29-25/h8-9,12-13,16,33H,7,10-11,14-15H2,1-6H3. The monoisotopic (exact) mass is 490 g/mol. The molecule has 5 rings (SSSR count). The zero-order valence-electron chi connectivity index (χ0n) is 21.5. The number of rotatable bonds is 5. The number of carbonyl (C=O) groups is 1. The zero-order valence-corrected chi connectivity index (χ0v) is 22.5. The van der Waals surface area contributed by atoms with E-state index in [0.29, 0.717) is 29.3 Å². The van der Waals surface area contributed by atoms with Crippen molar-refractivity contribution in [2.45, 2.75) is 84.0 Å². The molecule has 0 radical (unpaired) electrons. The van der Waals surface area contributed by atoms with Crippen molar-refractivity contribution >= 4 is 24.9 Å². The summed E-state index contributed by atoms with van der Waals surface area (Å²) in [6, 6.07) is 9.43. The third kappa shape index (κ3) is 3.76. The van der Waals surface area contributed by atoms with Gasteiger partial charge in [0.15, 0.2) is 5.60 Å². The van der Waals surface area contributed by atoms with Gasteiger partial charge in [0.05, 0.1) is 29.0 Å². The van der Waals surface area contributed by atoms with E-state index >= 15 is 0 Å². The Morgan fingerprint density at radius 1 is 1.17 bits per heavy atom. The molecule has 2 aromatic heterocycles. The molecule has 0 aliphatic carbocycles. The van der Waals surface area contributed by atoms with Crippen LogP contribution >= 0.6 is 0 Å². The summed E-state index contributed by atoms with van der Waals surface area (Å²) in [5, 5.41) is 12.3. The van der Waals surface area contributed by atoms with Crippen LogP contribution in [0.15, 0.2) is 29.1 Å². The fraction of sp³-hybridized carbons (Fsp3) is 0.464. The van der Waals surface area contributed by atoms with Crippen molar-refractivity contribution in [3.63, 3.8) is 0 Å². The number of benzene rings is 1. The van der Waals surface area contributed by atoms with Gasteiger partial charge in [0.1, 0.15) is 6.61 Å². The Morgan fingerprint density at radius 2 is 1.91 bits per heavy atom. The number of aliphatic hydroxyl groups is 1. The van der Waals surface area contributed by atoms with Crippen molar-refractivity contribution in [1.29, 1.82) is 0 Å². The zero-order chi connectivity index (χ0) is 25.3. The number of nitrogens with zero attached hydrogens (tertiary/aromatic N) is 2. The molecule has 1 aromatic carbocycles. The topological polar surface area (TPSA) is 81.4 Å². The molecule has 4 heterocycles. The third-order valence-corrected chi connectivity index (χ3v) is 9.37. The van der Waals surface area contributed by atoms with Gasteiger partial charge in [0, 0.05) is 24.6 Å². The van der Waals surface area contributed by atoms with Crippen molar-refractivity contribution in [2.75, 3.05) is 0 Å². The highest BCUT2D eigenvalue weighted by Gasteiger charge is 2.45. The van der Waals surface area contributed by atoms with E-state index < -0.39 is 19.6 Å². The highest BCUT2D eigenvalue weighted by Crippen LogP contribution is 2.41. The number of aromatic nitrogens is 2. The summed E-state index contributed by atoms with van der Waals surface area (Å²) in [5.74, 6) is -0.285. The molecule has 7 heteroatoms. The molecule has 0 saturated heterocycles. The van der Waals surface area contributed by atoms with Crippen LogP contribution in [-0.2, 0) is 34.7 Å². The highest BCUT2D eigenvalue weighted by atomic mass is 28.3. The summed E-state index contributed by atoms with van der Waals surface area (Å²) in [6.45, 7) is 13.6. The lowest BCUT2D eigenvalue weighted by Gasteiger charge is -2.31. The Morgan fingerprint density at radius 3 is 2.57 bits per heavy atom. The van der Waals surface area contributed by atoms with Crippen molar-refractivity contribution in [3.8, 4) is 11.4 Å². The fourth-order valence-electron chi connectivity index (χ4n) is 5.32. The lowest BCUT2D eigenvalue weighted by atomic mass is 9.86. The average molecular weight is 491 g/mol. The molecule has 1 unspecified atom stereocenters. The largest absolute Gasteiger partial charge is 0.458 e. The number of hydrogen-bond acceptors (Lipinski definition) is 5. The number of fused-ring (bicyclic) bond motifs is 5. The van der Waals surface area contributed by atoms with Gasteiger partial charge in [-0.15, -0.1) is 0 Å². The first kappa shape index (κ1) is 23.9. The van der Waals surface area contributed by atoms with Crippen LogP contribution in [0.25, 0.3) is 22.3 Å². The van der Waals surface area contributed by atoms with E-state index in [4.69, 9.17) is 9.72 Å². The van der Waals surface area contributed by atoms with Gasteiger partial charge in [-0.25, -0.2) is 9.78 Å². The summed E-state index contributed by atoms with van der Waals surface area (Å²) in [5.41, 5.74) is 4.72. The maximum absolute atomic E-state index is 13.6. The quantitative estimate of drug-likeness (QED) is 0.312. The second-order valence-electron chi connectivity index (χ2n) is 11.5. The Labute approximate surface area is 207 Å². The molecule has 35 heavy (non-hydrogen) atoms. The Hall–Kier alpha value is -2.77. The third-order valence-electron chi connectivity index (χ3n) is 7.62. The molecule has 2 aliphatic rings. The number of ether oxygens (including phenoxy) is 1. The SMILES string of the molecule is CCC1(O)C(=O)OCc2c1cc1n(c2=O)Cc2c-1nc1ccc(C(C)C)cc1c2CC[Si](C)(C)C. The molecule has 1 N–H and O–H groups in total. The summed E-state index contributed by atoms with van der Waals surface area (Å²) in [7, 11) is -1.32. The Kier molecular flexibility index (Phi) is 5.56. The Bertz CT molecular complexity index is 1430. The van der Waals surface area contributed by atoms with Crippen molar-refractivity contribution in [3.05, 3.63) is 62.4 Å². The second kappa shape index (κ2) is 8.13. The molecule has 0 bridgehead atoms. The first-order chi connectivity index (χ1) is 16.4. The predicted molar refractivity (Wildman–Crippen MR) is 140 cm³/mol. The van der Waals surface area contributed by atoms with Crippen molar-refractivity contribution < 1.29 is 14.6 Å². The van der Waals surface area contributed by atoms with Gasteiger partial charge < -0.3 is 14.4 Å². The van der Waals surface area contributed by atoms with Gasteiger partial charge in [-0.2, -0.15) is 0 Å². The van der Waals surface area contributed by atoms with E-state index in [0.717, 1.165) is 29.2 Å². The number of carbonyl (C=O) groups excluding carboxylic acids is 1. The average Bonchev–Trinajstić information content (AvgIpc) is 3.17. The predicted octanol–water partition coefficient (Wildman–Crippen LogP) is 5.08. The minimum absolute atomic E-state index is 0.110. The van der Waals surface area contributed by atoms with Gasteiger partial charge in [0.2, 0.25) is 0 Å². The van der Waals surface area contributed by atoms with Crippen LogP contribution < -0.4 is 5.56 Å². The second-order valence-corrected chi connectivity index (χ2v) is 17.1. The van der Waals surface area contributed by atoms with Gasteiger partial charge in [-0.1, -0.05) is 52.5 Å². The molecule has 0 spiro atoms. The van der Waals surface area contributed by atoms with Gasteiger partial charge in [-0.05, 0) is 48.1 Å². The molecule has 3 aromatic rings. The number of esters is 1. The summed E-state index contributed by atoms with van der Waals surface area (Å²) in [6.07, 6.45) is 1.08. The molecule has 0 fully saturated rings. The van der Waals surface area contributed by atoms with E-state index in [-0.39, 0.29) is 18.6 Å². The van der Waals surface area contributed by atoms with Gasteiger partial charge in [0.25, 0.3) is 5.56 Å². The molecule has 0 saturated carbocycles. The maximum atomic E-state index is 13.6. The molecular weight excluding hydrogens is 456 g/mol. The number of cyclic esters (lactones) is 1. The highest BCUT2D eigenvalue weighted by molar-refractivity contribution is 6.76. The lowest BCUT2D eigenvalue weighted by Crippen LogP contribution is -2.44. The molecule has 6 nitrogen and oxygen atoms in total. The van der Waals surface area contributed by atoms with Crippen LogP contribution in [0.5, 0.6) is 0 Å². The molecular formula is C28H34N2O4Si. The van der Waals surface area contributed by atoms with Gasteiger partial charge >= 0.3 is 5.97 Å². The summed E-state index contributed by atoms with van der Waals surface area (Å²) < 4.78 is 6.96. The normalized spacial score (nSPS) is 19.0. The molecule has 184 valence electrons. The van der Waals surface area contributed by atoms with E-state index in [1.807, 2.05) is 0 Å². The van der Waals surface area contributed by atoms with Crippen LogP contribution in [0.4, 0.5) is 0 Å². The lowest BCUT2D eigenvalue weighted by molar-refractivity contribution is -0.172. The van der Waals surface area contributed by atoms with Crippen molar-refractivity contribution in [2.24, 2.45) is 0 Å². The molecule has 2 aliphatic heterocycles. The molecule has 0 amide bonds. The molecule has 1 atom stereocenters. The van der Waals surface area contributed by atoms with Crippen LogP contribution in [0.3, 0.4) is 0 Å². The fourth-order valence-corrected chi connectivity index (χ4v) is 6.32. The number of pyridine rings is 2. The number of aryl methyl sites for hydroxylation is 1. The summed E-state index contributed by atoms with van der Waals surface area (Å²) >= 11 is 0. The van der Waals surface area contributed by atoms with E-state index in [1.54, 1.807) is 17.6 Å². The minimum Gasteiger partial charge on any atom is -0.458 e. The maximum Gasteiger partial charge on any atom is 0.343 e.